The zero-order valence-corrected chi connectivity index (χ0v) is 12.1. The van der Waals surface area contributed by atoms with Crippen LogP contribution in [0, 0.1) is 0 Å². The van der Waals surface area contributed by atoms with Crippen LogP contribution in [0.1, 0.15) is 25.2 Å². The maximum Gasteiger partial charge on any atom is 0.401 e. The summed E-state index contributed by atoms with van der Waals surface area (Å²) < 4.78 is 37.5. The van der Waals surface area contributed by atoms with E-state index >= 15 is 0 Å². The van der Waals surface area contributed by atoms with Gasteiger partial charge >= 0.3 is 6.18 Å². The molecule has 0 spiro atoms. The van der Waals surface area contributed by atoms with E-state index in [2.05, 4.69) is 10.4 Å². The molecule has 0 amide bonds. The number of hydrogen-bond acceptors (Lipinski definition) is 3. The van der Waals surface area contributed by atoms with Crippen molar-refractivity contribution < 1.29 is 18.0 Å². The minimum Gasteiger partial charge on any atom is -0.302 e. The van der Waals surface area contributed by atoms with Crippen LogP contribution in [0.2, 0.25) is 5.02 Å². The highest BCUT2D eigenvalue weighted by Gasteiger charge is 2.26. The number of aryl methyl sites for hydroxylation is 2. The minimum absolute atomic E-state index is 0.0233. The molecule has 0 aliphatic rings. The summed E-state index contributed by atoms with van der Waals surface area (Å²) >= 11 is 6.12. The Morgan fingerprint density at radius 1 is 1.40 bits per heavy atom. The van der Waals surface area contributed by atoms with Gasteiger partial charge in [-0.25, -0.2) is 0 Å². The van der Waals surface area contributed by atoms with Gasteiger partial charge in [-0.05, 0) is 13.3 Å². The summed E-state index contributed by atoms with van der Waals surface area (Å²) in [6, 6.07) is 0. The van der Waals surface area contributed by atoms with E-state index in [1.54, 1.807) is 4.68 Å². The molecule has 0 saturated heterocycles. The van der Waals surface area contributed by atoms with Gasteiger partial charge in [-0.15, -0.1) is 0 Å². The van der Waals surface area contributed by atoms with Crippen molar-refractivity contribution in [1.29, 1.82) is 0 Å². The molecule has 114 valence electrons. The summed E-state index contributed by atoms with van der Waals surface area (Å²) in [6.45, 7) is 2.79. The van der Waals surface area contributed by atoms with E-state index in [-0.39, 0.29) is 18.7 Å². The Morgan fingerprint density at radius 3 is 2.55 bits per heavy atom. The molecule has 0 fully saturated rings. The lowest BCUT2D eigenvalue weighted by atomic mass is 10.2. The first-order valence-corrected chi connectivity index (χ1v) is 6.69. The number of halogens is 4. The maximum atomic E-state index is 12.0. The predicted molar refractivity (Wildman–Crippen MR) is 69.9 cm³/mol. The van der Waals surface area contributed by atoms with E-state index in [9.17, 15) is 18.0 Å². The molecule has 0 aromatic carbocycles. The molecule has 1 aromatic rings. The number of hydrogen-bond donors (Lipinski definition) is 1. The highest BCUT2D eigenvalue weighted by atomic mass is 35.5. The van der Waals surface area contributed by atoms with Crippen molar-refractivity contribution in [3.8, 4) is 0 Å². The van der Waals surface area contributed by atoms with Crippen LogP contribution < -0.4 is 5.32 Å². The number of rotatable bonds is 7. The fourth-order valence-electron chi connectivity index (χ4n) is 1.78. The van der Waals surface area contributed by atoms with E-state index in [0.29, 0.717) is 29.4 Å². The average Bonchev–Trinajstić information content (AvgIpc) is 2.64. The summed E-state index contributed by atoms with van der Waals surface area (Å²) in [6.07, 6.45) is -3.71. The quantitative estimate of drug-likeness (QED) is 0.841. The van der Waals surface area contributed by atoms with Crippen molar-refractivity contribution in [2.24, 2.45) is 0 Å². The zero-order chi connectivity index (χ0) is 15.3. The van der Waals surface area contributed by atoms with Gasteiger partial charge in [0.05, 0.1) is 35.9 Å². The third-order valence-corrected chi connectivity index (χ3v) is 3.14. The largest absolute Gasteiger partial charge is 0.401 e. The lowest BCUT2D eigenvalue weighted by Gasteiger charge is -2.08. The summed E-state index contributed by atoms with van der Waals surface area (Å²) in [4.78, 5) is 11.7. The number of ketones is 1. The average molecular weight is 312 g/mol. The van der Waals surface area contributed by atoms with E-state index in [1.807, 2.05) is 13.8 Å². The molecule has 0 atom stereocenters. The molecule has 0 aliphatic carbocycles. The van der Waals surface area contributed by atoms with Crippen molar-refractivity contribution in [2.75, 3.05) is 13.1 Å². The SMILES string of the molecule is CCc1nn(CC)c(CC(=O)CNCC(F)(F)F)c1Cl. The minimum atomic E-state index is -4.32. The molecule has 0 saturated carbocycles. The van der Waals surface area contributed by atoms with Gasteiger partial charge < -0.3 is 5.32 Å². The standard InChI is InChI=1S/C12H17ClF3N3O/c1-3-9-11(13)10(19(4-2)18-9)5-8(20)6-17-7-12(14,15)16/h17H,3-7H2,1-2H3. The molecule has 1 N–H and O–H groups in total. The molecule has 0 aliphatic heterocycles. The van der Waals surface area contributed by atoms with Gasteiger partial charge in [0.1, 0.15) is 0 Å². The van der Waals surface area contributed by atoms with Gasteiger partial charge in [-0.1, -0.05) is 18.5 Å². The number of Topliss-reactive ketones (excluding diaryl/α,β-unsaturated/α-hetero) is 1. The Balaban J connectivity index is 2.64. The van der Waals surface area contributed by atoms with Crippen LogP contribution in [0.15, 0.2) is 0 Å². The number of aromatic nitrogens is 2. The fourth-order valence-corrected chi connectivity index (χ4v) is 2.11. The molecular formula is C12H17ClF3N3O. The molecule has 1 heterocycles. The number of nitrogens with one attached hydrogen (secondary N) is 1. The first kappa shape index (κ1) is 17.0. The van der Waals surface area contributed by atoms with Crippen LogP contribution in [-0.2, 0) is 24.2 Å². The van der Waals surface area contributed by atoms with E-state index in [4.69, 9.17) is 11.6 Å². The Hall–Kier alpha value is -1.08. The number of alkyl halides is 3. The van der Waals surface area contributed by atoms with E-state index < -0.39 is 12.7 Å². The van der Waals surface area contributed by atoms with Gasteiger partial charge in [-0.3, -0.25) is 9.48 Å². The Bertz CT molecular complexity index is 471. The molecule has 0 radical (unpaired) electrons. The Morgan fingerprint density at radius 2 is 2.05 bits per heavy atom. The smallest absolute Gasteiger partial charge is 0.302 e. The molecule has 0 bridgehead atoms. The number of carbonyl (C=O) groups excluding carboxylic acids is 1. The van der Waals surface area contributed by atoms with Crippen LogP contribution in [0.3, 0.4) is 0 Å². The highest BCUT2D eigenvalue weighted by molar-refractivity contribution is 6.32. The number of nitrogens with zero attached hydrogens (tertiary/aromatic N) is 2. The van der Waals surface area contributed by atoms with Crippen LogP contribution >= 0.6 is 11.6 Å². The summed E-state index contributed by atoms with van der Waals surface area (Å²) in [5.74, 6) is -0.353. The lowest BCUT2D eigenvalue weighted by Crippen LogP contribution is -2.33. The molecule has 0 unspecified atom stereocenters. The van der Waals surface area contributed by atoms with Crippen LogP contribution in [-0.4, -0.2) is 34.8 Å². The third kappa shape index (κ3) is 4.79. The lowest BCUT2D eigenvalue weighted by molar-refractivity contribution is -0.127. The van der Waals surface area contributed by atoms with Crippen molar-refractivity contribution in [3.05, 3.63) is 16.4 Å². The van der Waals surface area contributed by atoms with Gasteiger partial charge in [-0.2, -0.15) is 18.3 Å². The Kier molecular flexibility index (Phi) is 6.01. The first-order valence-electron chi connectivity index (χ1n) is 6.31. The molecule has 4 nitrogen and oxygen atoms in total. The second-order valence-electron chi connectivity index (χ2n) is 4.31. The second-order valence-corrected chi connectivity index (χ2v) is 4.69. The summed E-state index contributed by atoms with van der Waals surface area (Å²) in [7, 11) is 0. The maximum absolute atomic E-state index is 12.0. The number of carbonyl (C=O) groups is 1. The molecule has 8 heteroatoms. The molecule has 20 heavy (non-hydrogen) atoms. The van der Waals surface area contributed by atoms with Crippen LogP contribution in [0.25, 0.3) is 0 Å². The van der Waals surface area contributed by atoms with Crippen LogP contribution in [0.4, 0.5) is 13.2 Å². The topological polar surface area (TPSA) is 46.9 Å². The van der Waals surface area contributed by atoms with Gasteiger partial charge in [0, 0.05) is 6.54 Å². The van der Waals surface area contributed by atoms with Gasteiger partial charge in [0.15, 0.2) is 5.78 Å². The van der Waals surface area contributed by atoms with E-state index in [0.717, 1.165) is 0 Å². The normalized spacial score (nSPS) is 11.9. The van der Waals surface area contributed by atoms with Crippen molar-refractivity contribution in [1.82, 2.24) is 15.1 Å². The van der Waals surface area contributed by atoms with Crippen molar-refractivity contribution in [3.63, 3.8) is 0 Å². The third-order valence-electron chi connectivity index (χ3n) is 2.71. The first-order chi connectivity index (χ1) is 9.28. The van der Waals surface area contributed by atoms with Crippen molar-refractivity contribution >= 4 is 17.4 Å². The predicted octanol–water partition coefficient (Wildman–Crippen LogP) is 2.38. The molecule has 1 rings (SSSR count). The molecular weight excluding hydrogens is 295 g/mol. The molecule has 1 aromatic heterocycles. The fraction of sp³-hybridized carbons (Fsp3) is 0.667. The van der Waals surface area contributed by atoms with E-state index in [1.165, 1.54) is 0 Å². The van der Waals surface area contributed by atoms with Gasteiger partial charge in [0.2, 0.25) is 0 Å². The highest BCUT2D eigenvalue weighted by Crippen LogP contribution is 2.22. The zero-order valence-electron chi connectivity index (χ0n) is 11.4. The van der Waals surface area contributed by atoms with Crippen LogP contribution in [0.5, 0.6) is 0 Å². The second kappa shape index (κ2) is 7.08. The monoisotopic (exact) mass is 311 g/mol. The Labute approximate surface area is 120 Å². The summed E-state index contributed by atoms with van der Waals surface area (Å²) in [5.41, 5.74) is 1.25. The van der Waals surface area contributed by atoms with Crippen molar-refractivity contribution in [2.45, 2.75) is 39.4 Å². The summed E-state index contributed by atoms with van der Waals surface area (Å²) in [5, 5.41) is 6.76. The van der Waals surface area contributed by atoms with Gasteiger partial charge in [0.25, 0.3) is 0 Å².